The Balaban J connectivity index is 1.89. The van der Waals surface area contributed by atoms with Gasteiger partial charge in [0.1, 0.15) is 6.10 Å². The predicted octanol–water partition coefficient (Wildman–Crippen LogP) is 3.76. The average Bonchev–Trinajstić information content (AvgIpc) is 3.03. The Kier molecular flexibility index (Phi) is 3.10. The van der Waals surface area contributed by atoms with Crippen LogP contribution in [0.5, 0.6) is 0 Å². The largest absolute Gasteiger partial charge is 0.383 e. The Bertz CT molecular complexity index is 812. The summed E-state index contributed by atoms with van der Waals surface area (Å²) >= 11 is 1.57. The van der Waals surface area contributed by atoms with Crippen LogP contribution in [0, 0.1) is 0 Å². The molecule has 1 atom stereocenters. The van der Waals surface area contributed by atoms with Crippen molar-refractivity contribution < 1.29 is 9.90 Å². The molecule has 0 amide bonds. The minimum atomic E-state index is -0.838. The molecule has 1 aliphatic carbocycles. The smallest absolute Gasteiger partial charge is 0.195 e. The SMILES string of the molecule is CCN1/C(=C2/C(=O)c3ccccc3C2O)Sc2ccccc21. The fraction of sp³-hybridized carbons (Fsp3) is 0.167. The van der Waals surface area contributed by atoms with Crippen molar-refractivity contribution in [3.8, 4) is 0 Å². The van der Waals surface area contributed by atoms with E-state index in [2.05, 4.69) is 24.0 Å². The van der Waals surface area contributed by atoms with Gasteiger partial charge in [-0.1, -0.05) is 48.2 Å². The lowest BCUT2D eigenvalue weighted by Gasteiger charge is -2.20. The molecule has 0 bridgehead atoms. The van der Waals surface area contributed by atoms with Gasteiger partial charge >= 0.3 is 0 Å². The maximum Gasteiger partial charge on any atom is 0.195 e. The lowest BCUT2D eigenvalue weighted by Crippen LogP contribution is -2.20. The number of rotatable bonds is 1. The summed E-state index contributed by atoms with van der Waals surface area (Å²) in [5.74, 6) is -0.0585. The Morgan fingerprint density at radius 3 is 2.64 bits per heavy atom. The van der Waals surface area contributed by atoms with Gasteiger partial charge in [-0.05, 0) is 24.6 Å². The lowest BCUT2D eigenvalue weighted by atomic mass is 10.1. The Morgan fingerprint density at radius 2 is 1.86 bits per heavy atom. The summed E-state index contributed by atoms with van der Waals surface area (Å²) < 4.78 is 0. The van der Waals surface area contributed by atoms with Crippen LogP contribution >= 0.6 is 11.8 Å². The molecule has 0 spiro atoms. The molecule has 1 aliphatic heterocycles. The molecule has 1 N–H and O–H groups in total. The number of para-hydroxylation sites is 1. The molecule has 0 aromatic heterocycles. The quantitative estimate of drug-likeness (QED) is 0.814. The number of ketones is 1. The van der Waals surface area contributed by atoms with E-state index in [1.54, 1.807) is 17.8 Å². The summed E-state index contributed by atoms with van der Waals surface area (Å²) in [5.41, 5.74) is 2.94. The zero-order valence-electron chi connectivity index (χ0n) is 12.1. The summed E-state index contributed by atoms with van der Waals surface area (Å²) in [6, 6.07) is 15.4. The number of aliphatic hydroxyl groups excluding tert-OH is 1. The van der Waals surface area contributed by atoms with Crippen LogP contribution in [-0.4, -0.2) is 17.4 Å². The Labute approximate surface area is 133 Å². The van der Waals surface area contributed by atoms with Crippen LogP contribution < -0.4 is 4.90 Å². The van der Waals surface area contributed by atoms with Crippen LogP contribution in [0.15, 0.2) is 64.0 Å². The van der Waals surface area contributed by atoms with Gasteiger partial charge in [-0.2, -0.15) is 0 Å². The zero-order valence-corrected chi connectivity index (χ0v) is 12.9. The number of hydrogen-bond donors (Lipinski definition) is 1. The third-order valence-electron chi connectivity index (χ3n) is 4.17. The number of carbonyl (C=O) groups excluding carboxylic acids is 1. The predicted molar refractivity (Wildman–Crippen MR) is 88.1 cm³/mol. The van der Waals surface area contributed by atoms with Crippen molar-refractivity contribution in [1.29, 1.82) is 0 Å². The summed E-state index contributed by atoms with van der Waals surface area (Å²) in [6.07, 6.45) is -0.838. The third-order valence-corrected chi connectivity index (χ3v) is 5.37. The molecule has 0 radical (unpaired) electrons. The van der Waals surface area contributed by atoms with Crippen LogP contribution in [0.4, 0.5) is 5.69 Å². The van der Waals surface area contributed by atoms with Gasteiger partial charge in [0, 0.05) is 17.0 Å². The summed E-state index contributed by atoms with van der Waals surface area (Å²) in [7, 11) is 0. The molecule has 0 saturated carbocycles. The molecule has 4 heteroatoms. The highest BCUT2D eigenvalue weighted by atomic mass is 32.2. The number of Topliss-reactive ketones (excluding diaryl/α,β-unsaturated/α-hetero) is 1. The number of hydrogen-bond acceptors (Lipinski definition) is 4. The number of benzene rings is 2. The van der Waals surface area contributed by atoms with Gasteiger partial charge in [0.15, 0.2) is 5.78 Å². The molecular formula is C18H15NO2S. The van der Waals surface area contributed by atoms with Gasteiger partial charge in [-0.25, -0.2) is 0 Å². The molecule has 2 aromatic rings. The average molecular weight is 309 g/mol. The molecular weight excluding hydrogens is 294 g/mol. The number of aliphatic hydroxyl groups is 1. The normalized spacial score (nSPS) is 22.9. The van der Waals surface area contributed by atoms with Gasteiger partial charge in [0.2, 0.25) is 0 Å². The minimum absolute atomic E-state index is 0.0585. The van der Waals surface area contributed by atoms with Crippen LogP contribution in [-0.2, 0) is 0 Å². The first-order valence-corrected chi connectivity index (χ1v) is 8.14. The summed E-state index contributed by atoms with van der Waals surface area (Å²) in [4.78, 5) is 16.0. The fourth-order valence-electron chi connectivity index (χ4n) is 3.13. The van der Waals surface area contributed by atoms with Crippen molar-refractivity contribution >= 4 is 23.2 Å². The maximum atomic E-state index is 12.7. The Hall–Kier alpha value is -2.04. The van der Waals surface area contributed by atoms with E-state index >= 15 is 0 Å². The van der Waals surface area contributed by atoms with Crippen LogP contribution in [0.3, 0.4) is 0 Å². The zero-order chi connectivity index (χ0) is 15.3. The Morgan fingerprint density at radius 1 is 1.14 bits per heavy atom. The topological polar surface area (TPSA) is 40.5 Å². The van der Waals surface area contributed by atoms with E-state index in [9.17, 15) is 9.90 Å². The highest BCUT2D eigenvalue weighted by Crippen LogP contribution is 2.50. The highest BCUT2D eigenvalue weighted by molar-refractivity contribution is 8.03. The molecule has 4 rings (SSSR count). The molecule has 2 aromatic carbocycles. The van der Waals surface area contributed by atoms with E-state index in [1.165, 1.54) is 0 Å². The second-order valence-corrected chi connectivity index (χ2v) is 6.38. The van der Waals surface area contributed by atoms with Gasteiger partial charge in [0.05, 0.1) is 16.3 Å². The molecule has 22 heavy (non-hydrogen) atoms. The molecule has 110 valence electrons. The second-order valence-electron chi connectivity index (χ2n) is 5.35. The van der Waals surface area contributed by atoms with Gasteiger partial charge < -0.3 is 10.0 Å². The van der Waals surface area contributed by atoms with E-state index in [0.717, 1.165) is 22.2 Å². The molecule has 2 aliphatic rings. The van der Waals surface area contributed by atoms with Crippen LogP contribution in [0.1, 0.15) is 28.9 Å². The first-order valence-electron chi connectivity index (χ1n) is 7.32. The van der Waals surface area contributed by atoms with Gasteiger partial charge in [-0.3, -0.25) is 4.79 Å². The maximum absolute atomic E-state index is 12.7. The van der Waals surface area contributed by atoms with Crippen LogP contribution in [0.25, 0.3) is 0 Å². The molecule has 1 unspecified atom stereocenters. The van der Waals surface area contributed by atoms with E-state index in [4.69, 9.17) is 0 Å². The van der Waals surface area contributed by atoms with E-state index in [-0.39, 0.29) is 5.78 Å². The van der Waals surface area contributed by atoms with Crippen molar-refractivity contribution in [2.45, 2.75) is 17.9 Å². The standard InChI is InChI=1S/C18H15NO2S/c1-2-19-13-9-5-6-10-14(13)22-18(19)15-16(20)11-7-3-4-8-12(11)17(15)21/h3-10,16,20H,2H2,1H3/b18-15-. The van der Waals surface area contributed by atoms with E-state index < -0.39 is 6.10 Å². The molecule has 0 fully saturated rings. The van der Waals surface area contributed by atoms with Gasteiger partial charge in [0.25, 0.3) is 0 Å². The molecule has 1 heterocycles. The highest BCUT2D eigenvalue weighted by Gasteiger charge is 2.39. The summed E-state index contributed by atoms with van der Waals surface area (Å²) in [6.45, 7) is 2.82. The number of anilines is 1. The number of carbonyl (C=O) groups is 1. The first kappa shape index (κ1) is 13.6. The van der Waals surface area contributed by atoms with Crippen molar-refractivity contribution in [3.05, 3.63) is 70.3 Å². The van der Waals surface area contributed by atoms with Crippen molar-refractivity contribution in [1.82, 2.24) is 0 Å². The van der Waals surface area contributed by atoms with Crippen molar-refractivity contribution in [3.63, 3.8) is 0 Å². The fourth-order valence-corrected chi connectivity index (χ4v) is 4.42. The van der Waals surface area contributed by atoms with Crippen LogP contribution in [0.2, 0.25) is 0 Å². The third kappa shape index (κ3) is 1.77. The van der Waals surface area contributed by atoms with E-state index in [0.29, 0.717) is 16.7 Å². The van der Waals surface area contributed by atoms with E-state index in [1.807, 2.05) is 30.3 Å². The number of thioether (sulfide) groups is 1. The number of nitrogens with zero attached hydrogens (tertiary/aromatic N) is 1. The monoisotopic (exact) mass is 309 g/mol. The number of fused-ring (bicyclic) bond motifs is 2. The van der Waals surface area contributed by atoms with Gasteiger partial charge in [-0.15, -0.1) is 0 Å². The summed E-state index contributed by atoms with van der Waals surface area (Å²) in [5, 5.41) is 11.5. The molecule has 0 saturated heterocycles. The lowest BCUT2D eigenvalue weighted by molar-refractivity contribution is 0.101. The second kappa shape index (κ2) is 5.00. The molecule has 3 nitrogen and oxygen atoms in total. The minimum Gasteiger partial charge on any atom is -0.383 e. The van der Waals surface area contributed by atoms with Crippen molar-refractivity contribution in [2.75, 3.05) is 11.4 Å². The first-order chi connectivity index (χ1) is 10.7. The van der Waals surface area contributed by atoms with Crippen molar-refractivity contribution in [2.24, 2.45) is 0 Å².